The monoisotopic (exact) mass is 244 g/mol. The Balaban J connectivity index is 0.00000128. The summed E-state index contributed by atoms with van der Waals surface area (Å²) in [5, 5.41) is 10.2. The molecule has 1 unspecified atom stereocenters. The zero-order chi connectivity index (χ0) is 10.7. The normalized spacial score (nSPS) is 19.9. The van der Waals surface area contributed by atoms with Crippen molar-refractivity contribution in [3.05, 3.63) is 18.0 Å². The van der Waals surface area contributed by atoms with E-state index in [9.17, 15) is 4.79 Å². The van der Waals surface area contributed by atoms with Crippen LogP contribution in [0.3, 0.4) is 0 Å². The number of hydrogen-bond donors (Lipinski definition) is 2. The van der Waals surface area contributed by atoms with Crippen molar-refractivity contribution in [2.75, 3.05) is 13.1 Å². The van der Waals surface area contributed by atoms with Crippen LogP contribution in [0.25, 0.3) is 0 Å². The summed E-state index contributed by atoms with van der Waals surface area (Å²) in [6, 6.07) is 1.98. The molecule has 0 spiro atoms. The molecule has 0 aliphatic carbocycles. The number of nitrogens with zero attached hydrogens (tertiary/aromatic N) is 2. The first-order chi connectivity index (χ1) is 7.27. The number of aryl methyl sites for hydroxylation is 1. The van der Waals surface area contributed by atoms with Gasteiger partial charge in [0.2, 0.25) is 0 Å². The number of carbonyl (C=O) groups is 1. The number of hydrogen-bond acceptors (Lipinski definition) is 3. The quantitative estimate of drug-likeness (QED) is 0.788. The van der Waals surface area contributed by atoms with E-state index in [0.717, 1.165) is 25.9 Å². The van der Waals surface area contributed by atoms with Crippen molar-refractivity contribution in [2.24, 2.45) is 7.05 Å². The molecule has 6 heteroatoms. The van der Waals surface area contributed by atoms with Crippen LogP contribution in [0.5, 0.6) is 0 Å². The van der Waals surface area contributed by atoms with Crippen molar-refractivity contribution in [2.45, 2.75) is 18.9 Å². The van der Waals surface area contributed by atoms with Gasteiger partial charge in [-0.05, 0) is 25.5 Å². The fourth-order valence-corrected chi connectivity index (χ4v) is 1.83. The molecule has 0 radical (unpaired) electrons. The molecular weight excluding hydrogens is 228 g/mol. The predicted octanol–water partition coefficient (Wildman–Crippen LogP) is 0.324. The van der Waals surface area contributed by atoms with Crippen LogP contribution in [0.4, 0.5) is 0 Å². The molecule has 1 saturated heterocycles. The van der Waals surface area contributed by atoms with E-state index >= 15 is 0 Å². The Hall–Kier alpha value is -1.07. The lowest BCUT2D eigenvalue weighted by atomic mass is 10.1. The Morgan fingerprint density at radius 1 is 1.69 bits per heavy atom. The summed E-state index contributed by atoms with van der Waals surface area (Å²) in [5.41, 5.74) is 0.612. The summed E-state index contributed by atoms with van der Waals surface area (Å²) in [5.74, 6) is -0.0382. The number of piperidine rings is 1. The molecule has 1 atom stereocenters. The highest BCUT2D eigenvalue weighted by atomic mass is 35.5. The summed E-state index contributed by atoms with van der Waals surface area (Å²) in [6.07, 6.45) is 3.81. The fourth-order valence-electron chi connectivity index (χ4n) is 1.83. The highest BCUT2D eigenvalue weighted by Crippen LogP contribution is 2.03. The molecule has 90 valence electrons. The van der Waals surface area contributed by atoms with Crippen molar-refractivity contribution in [1.82, 2.24) is 20.4 Å². The van der Waals surface area contributed by atoms with Crippen LogP contribution in [-0.4, -0.2) is 34.8 Å². The minimum Gasteiger partial charge on any atom is -0.347 e. The molecule has 2 rings (SSSR count). The Morgan fingerprint density at radius 2 is 2.50 bits per heavy atom. The van der Waals surface area contributed by atoms with E-state index < -0.39 is 0 Å². The summed E-state index contributed by atoms with van der Waals surface area (Å²) < 4.78 is 1.59. The van der Waals surface area contributed by atoms with Crippen LogP contribution >= 0.6 is 12.4 Å². The predicted molar refractivity (Wildman–Crippen MR) is 63.8 cm³/mol. The van der Waals surface area contributed by atoms with E-state index in [2.05, 4.69) is 15.7 Å². The first kappa shape index (κ1) is 13.0. The van der Waals surface area contributed by atoms with Gasteiger partial charge < -0.3 is 10.6 Å². The van der Waals surface area contributed by atoms with Gasteiger partial charge in [0.05, 0.1) is 0 Å². The zero-order valence-corrected chi connectivity index (χ0v) is 10.1. The molecule has 2 heterocycles. The third kappa shape index (κ3) is 2.96. The summed E-state index contributed by atoms with van der Waals surface area (Å²) in [6.45, 7) is 1.92. The molecule has 1 aliphatic heterocycles. The summed E-state index contributed by atoms with van der Waals surface area (Å²) >= 11 is 0. The number of halogens is 1. The van der Waals surface area contributed by atoms with Crippen molar-refractivity contribution in [1.29, 1.82) is 0 Å². The molecule has 0 bridgehead atoms. The van der Waals surface area contributed by atoms with E-state index in [1.54, 1.807) is 24.0 Å². The second-order valence-electron chi connectivity index (χ2n) is 3.86. The highest BCUT2D eigenvalue weighted by molar-refractivity contribution is 5.92. The van der Waals surface area contributed by atoms with Gasteiger partial charge in [-0.1, -0.05) is 0 Å². The van der Waals surface area contributed by atoms with E-state index in [0.29, 0.717) is 5.69 Å². The summed E-state index contributed by atoms with van der Waals surface area (Å²) in [7, 11) is 1.77. The van der Waals surface area contributed by atoms with Gasteiger partial charge in [0.25, 0.3) is 5.91 Å². The highest BCUT2D eigenvalue weighted by Gasteiger charge is 2.17. The smallest absolute Gasteiger partial charge is 0.269 e. The van der Waals surface area contributed by atoms with E-state index in [1.807, 2.05) is 0 Å². The molecular formula is C10H17ClN4O. The van der Waals surface area contributed by atoms with Gasteiger partial charge >= 0.3 is 0 Å². The van der Waals surface area contributed by atoms with Crippen LogP contribution < -0.4 is 10.6 Å². The number of carbonyl (C=O) groups excluding carboxylic acids is 1. The van der Waals surface area contributed by atoms with Crippen LogP contribution in [0.2, 0.25) is 0 Å². The standard InChI is InChI=1S/C10H16N4O.ClH/c1-14-9(4-6-12-14)10(15)13-8-3-2-5-11-7-8;/h4,6,8,11H,2-3,5,7H2,1H3,(H,13,15);1H. The third-order valence-electron chi connectivity index (χ3n) is 2.69. The lowest BCUT2D eigenvalue weighted by Crippen LogP contribution is -2.46. The molecule has 1 aliphatic rings. The Kier molecular flexibility index (Phi) is 4.76. The van der Waals surface area contributed by atoms with Gasteiger partial charge in [0, 0.05) is 25.8 Å². The minimum absolute atomic E-state index is 0. The molecule has 1 amide bonds. The van der Waals surface area contributed by atoms with Gasteiger partial charge in [-0.3, -0.25) is 9.48 Å². The fraction of sp³-hybridized carbons (Fsp3) is 0.600. The Bertz CT molecular complexity index is 346. The largest absolute Gasteiger partial charge is 0.347 e. The summed E-state index contributed by atoms with van der Waals surface area (Å²) in [4.78, 5) is 11.8. The average Bonchev–Trinajstić information content (AvgIpc) is 2.66. The first-order valence-corrected chi connectivity index (χ1v) is 5.27. The van der Waals surface area contributed by atoms with Crippen LogP contribution in [0.1, 0.15) is 23.3 Å². The molecule has 1 aromatic rings. The maximum atomic E-state index is 11.8. The van der Waals surface area contributed by atoms with Crippen LogP contribution in [-0.2, 0) is 7.05 Å². The molecule has 1 fully saturated rings. The first-order valence-electron chi connectivity index (χ1n) is 5.27. The number of aromatic nitrogens is 2. The van der Waals surface area contributed by atoms with E-state index in [1.165, 1.54) is 0 Å². The van der Waals surface area contributed by atoms with Gasteiger partial charge in [-0.2, -0.15) is 5.10 Å². The average molecular weight is 245 g/mol. The maximum Gasteiger partial charge on any atom is 0.269 e. The van der Waals surface area contributed by atoms with E-state index in [4.69, 9.17) is 0 Å². The van der Waals surface area contributed by atoms with Gasteiger partial charge in [-0.15, -0.1) is 12.4 Å². The third-order valence-corrected chi connectivity index (χ3v) is 2.69. The van der Waals surface area contributed by atoms with Crippen molar-refractivity contribution < 1.29 is 4.79 Å². The van der Waals surface area contributed by atoms with E-state index in [-0.39, 0.29) is 24.4 Å². The van der Waals surface area contributed by atoms with Gasteiger partial charge in [0.15, 0.2) is 0 Å². The lowest BCUT2D eigenvalue weighted by molar-refractivity contribution is 0.0921. The molecule has 1 aromatic heterocycles. The Labute approximate surface area is 101 Å². The molecule has 0 saturated carbocycles. The Morgan fingerprint density at radius 3 is 3.06 bits per heavy atom. The maximum absolute atomic E-state index is 11.8. The number of amides is 1. The molecule has 5 nitrogen and oxygen atoms in total. The van der Waals surface area contributed by atoms with Gasteiger partial charge in [0.1, 0.15) is 5.69 Å². The van der Waals surface area contributed by atoms with Crippen LogP contribution in [0, 0.1) is 0 Å². The number of rotatable bonds is 2. The van der Waals surface area contributed by atoms with Crippen molar-refractivity contribution in [3.8, 4) is 0 Å². The molecule has 0 aromatic carbocycles. The zero-order valence-electron chi connectivity index (χ0n) is 9.27. The molecule has 2 N–H and O–H groups in total. The lowest BCUT2D eigenvalue weighted by Gasteiger charge is -2.23. The van der Waals surface area contributed by atoms with Crippen molar-refractivity contribution >= 4 is 18.3 Å². The van der Waals surface area contributed by atoms with Crippen LogP contribution in [0.15, 0.2) is 12.3 Å². The number of nitrogens with one attached hydrogen (secondary N) is 2. The van der Waals surface area contributed by atoms with Crippen molar-refractivity contribution in [3.63, 3.8) is 0 Å². The second kappa shape index (κ2) is 5.86. The van der Waals surface area contributed by atoms with Gasteiger partial charge in [-0.25, -0.2) is 0 Å². The molecule has 16 heavy (non-hydrogen) atoms. The minimum atomic E-state index is -0.0382. The SMILES string of the molecule is Cl.Cn1nccc1C(=O)NC1CCCNC1. The topological polar surface area (TPSA) is 59.0 Å². The second-order valence-corrected chi connectivity index (χ2v) is 3.86.